The van der Waals surface area contributed by atoms with Gasteiger partial charge in [-0.3, -0.25) is 0 Å². The lowest BCUT2D eigenvalue weighted by Crippen LogP contribution is -2.03. The molecule has 0 amide bonds. The number of carbonyl (C=O) groups is 1. The van der Waals surface area contributed by atoms with E-state index in [2.05, 4.69) is 23.3 Å². The van der Waals surface area contributed by atoms with Gasteiger partial charge < -0.3 is 9.47 Å². The molecule has 0 saturated carbocycles. The maximum absolute atomic E-state index is 10.4. The lowest BCUT2D eigenvalue weighted by Gasteiger charge is -1.99. The van der Waals surface area contributed by atoms with Crippen molar-refractivity contribution in [3.63, 3.8) is 0 Å². The molecular formula is C9H16O3. The number of hydrogen-bond acceptors (Lipinski definition) is 3. The first kappa shape index (κ1) is 11.0. The van der Waals surface area contributed by atoms with Crippen molar-refractivity contribution in [2.45, 2.75) is 20.3 Å². The van der Waals surface area contributed by atoms with Gasteiger partial charge >= 0.3 is 6.16 Å². The molecule has 0 fully saturated rings. The topological polar surface area (TPSA) is 35.5 Å². The van der Waals surface area contributed by atoms with Crippen LogP contribution in [0, 0.1) is 5.92 Å². The summed E-state index contributed by atoms with van der Waals surface area (Å²) in [5.74, 6) is 0.638. The highest BCUT2D eigenvalue weighted by atomic mass is 16.7. The van der Waals surface area contributed by atoms with Crippen LogP contribution in [0.4, 0.5) is 4.79 Å². The van der Waals surface area contributed by atoms with E-state index in [0.29, 0.717) is 12.5 Å². The Morgan fingerprint density at radius 1 is 1.42 bits per heavy atom. The van der Waals surface area contributed by atoms with E-state index in [4.69, 9.17) is 0 Å². The second-order valence-electron chi connectivity index (χ2n) is 2.87. The second-order valence-corrected chi connectivity index (χ2v) is 2.87. The SMILES string of the molecule is COC(=O)OC/C=C\CC(C)C. The monoisotopic (exact) mass is 172 g/mol. The van der Waals surface area contributed by atoms with Gasteiger partial charge in [0.2, 0.25) is 0 Å². The highest BCUT2D eigenvalue weighted by Gasteiger charge is 1.95. The Morgan fingerprint density at radius 2 is 2.08 bits per heavy atom. The fourth-order valence-electron chi connectivity index (χ4n) is 0.612. The van der Waals surface area contributed by atoms with Crippen molar-refractivity contribution < 1.29 is 14.3 Å². The van der Waals surface area contributed by atoms with Gasteiger partial charge in [0.15, 0.2) is 0 Å². The van der Waals surface area contributed by atoms with E-state index in [9.17, 15) is 4.79 Å². The van der Waals surface area contributed by atoms with Crippen molar-refractivity contribution in [1.82, 2.24) is 0 Å². The van der Waals surface area contributed by atoms with Gasteiger partial charge in [0.25, 0.3) is 0 Å². The van der Waals surface area contributed by atoms with Crippen LogP contribution >= 0.6 is 0 Å². The molecule has 12 heavy (non-hydrogen) atoms. The number of allylic oxidation sites excluding steroid dienone is 1. The van der Waals surface area contributed by atoms with E-state index >= 15 is 0 Å². The van der Waals surface area contributed by atoms with Crippen LogP contribution in [0.3, 0.4) is 0 Å². The van der Waals surface area contributed by atoms with Crippen LogP contribution in [0.25, 0.3) is 0 Å². The molecule has 0 saturated heterocycles. The summed E-state index contributed by atoms with van der Waals surface area (Å²) in [6.07, 6.45) is 4.18. The van der Waals surface area contributed by atoms with Crippen molar-refractivity contribution in [2.24, 2.45) is 5.92 Å². The molecule has 0 aliphatic heterocycles. The van der Waals surface area contributed by atoms with Crippen LogP contribution in [0.5, 0.6) is 0 Å². The maximum Gasteiger partial charge on any atom is 0.508 e. The number of rotatable bonds is 4. The molecule has 0 unspecified atom stereocenters. The van der Waals surface area contributed by atoms with Gasteiger partial charge in [-0.2, -0.15) is 0 Å². The molecule has 3 heteroatoms. The van der Waals surface area contributed by atoms with Gasteiger partial charge in [-0.1, -0.05) is 26.0 Å². The predicted molar refractivity (Wildman–Crippen MR) is 47.0 cm³/mol. The van der Waals surface area contributed by atoms with Gasteiger partial charge in [-0.25, -0.2) is 4.79 Å². The second kappa shape index (κ2) is 6.70. The molecule has 0 aliphatic rings. The van der Waals surface area contributed by atoms with Crippen molar-refractivity contribution in [2.75, 3.05) is 13.7 Å². The molecule has 0 aromatic carbocycles. The molecule has 0 aromatic rings. The van der Waals surface area contributed by atoms with Crippen LogP contribution in [-0.4, -0.2) is 19.9 Å². The summed E-state index contributed by atoms with van der Waals surface area (Å²) in [5, 5.41) is 0. The van der Waals surface area contributed by atoms with Crippen molar-refractivity contribution in [3.8, 4) is 0 Å². The summed E-state index contributed by atoms with van der Waals surface area (Å²) >= 11 is 0. The fourth-order valence-corrected chi connectivity index (χ4v) is 0.612. The quantitative estimate of drug-likeness (QED) is 0.482. The normalized spacial score (nSPS) is 10.7. The number of ether oxygens (including phenoxy) is 2. The van der Waals surface area contributed by atoms with E-state index in [1.165, 1.54) is 7.11 Å². The number of carbonyl (C=O) groups excluding carboxylic acids is 1. The highest BCUT2D eigenvalue weighted by Crippen LogP contribution is 1.99. The minimum Gasteiger partial charge on any atom is -0.438 e. The Labute approximate surface area is 73.4 Å². The van der Waals surface area contributed by atoms with E-state index in [1.54, 1.807) is 0 Å². The Balaban J connectivity index is 3.30. The van der Waals surface area contributed by atoms with Crippen molar-refractivity contribution >= 4 is 6.16 Å². The zero-order valence-corrected chi connectivity index (χ0v) is 7.87. The van der Waals surface area contributed by atoms with Gasteiger partial charge in [0, 0.05) is 0 Å². The molecule has 0 aliphatic carbocycles. The van der Waals surface area contributed by atoms with Crippen LogP contribution in [0.2, 0.25) is 0 Å². The smallest absolute Gasteiger partial charge is 0.438 e. The Hall–Kier alpha value is -0.990. The summed E-state index contributed by atoms with van der Waals surface area (Å²) in [6, 6.07) is 0. The summed E-state index contributed by atoms with van der Waals surface area (Å²) in [6.45, 7) is 4.55. The summed E-state index contributed by atoms with van der Waals surface area (Å²) in [7, 11) is 1.29. The molecular weight excluding hydrogens is 156 g/mol. The highest BCUT2D eigenvalue weighted by molar-refractivity contribution is 5.59. The molecule has 0 radical (unpaired) electrons. The van der Waals surface area contributed by atoms with Crippen molar-refractivity contribution in [1.29, 1.82) is 0 Å². The Morgan fingerprint density at radius 3 is 2.58 bits per heavy atom. The first-order valence-corrected chi connectivity index (χ1v) is 4.02. The molecule has 0 heterocycles. The van der Waals surface area contributed by atoms with Gasteiger partial charge in [-0.05, 0) is 12.3 Å². The molecule has 0 atom stereocenters. The van der Waals surface area contributed by atoms with Crippen LogP contribution in [0.15, 0.2) is 12.2 Å². The van der Waals surface area contributed by atoms with E-state index in [0.717, 1.165) is 6.42 Å². The molecule has 70 valence electrons. The largest absolute Gasteiger partial charge is 0.508 e. The summed E-state index contributed by atoms with van der Waals surface area (Å²) < 4.78 is 8.91. The molecule has 0 N–H and O–H groups in total. The standard InChI is InChI=1S/C9H16O3/c1-8(2)6-4-5-7-12-9(10)11-3/h4-5,8H,6-7H2,1-3H3/b5-4-. The van der Waals surface area contributed by atoms with Crippen LogP contribution in [-0.2, 0) is 9.47 Å². The van der Waals surface area contributed by atoms with Gasteiger partial charge in [0.05, 0.1) is 7.11 Å². The first-order chi connectivity index (χ1) is 5.66. The third-order valence-corrected chi connectivity index (χ3v) is 1.24. The van der Waals surface area contributed by atoms with Crippen molar-refractivity contribution in [3.05, 3.63) is 12.2 Å². The lowest BCUT2D eigenvalue weighted by molar-refractivity contribution is 0.0817. The molecule has 0 aromatic heterocycles. The van der Waals surface area contributed by atoms with Crippen LogP contribution in [0.1, 0.15) is 20.3 Å². The van der Waals surface area contributed by atoms with Crippen LogP contribution < -0.4 is 0 Å². The minimum absolute atomic E-state index is 0.291. The third kappa shape index (κ3) is 7.12. The Kier molecular flexibility index (Phi) is 6.15. The van der Waals surface area contributed by atoms with Gasteiger partial charge in [0.1, 0.15) is 6.61 Å². The Bertz CT molecular complexity index is 150. The maximum atomic E-state index is 10.4. The number of hydrogen-bond donors (Lipinski definition) is 0. The minimum atomic E-state index is -0.635. The molecule has 0 bridgehead atoms. The van der Waals surface area contributed by atoms with Gasteiger partial charge in [-0.15, -0.1) is 0 Å². The zero-order valence-electron chi connectivity index (χ0n) is 7.87. The van der Waals surface area contributed by atoms with E-state index < -0.39 is 6.16 Å². The predicted octanol–water partition coefficient (Wildman–Crippen LogP) is 2.37. The average molecular weight is 172 g/mol. The summed E-state index contributed by atoms with van der Waals surface area (Å²) in [4.78, 5) is 10.4. The summed E-state index contributed by atoms with van der Waals surface area (Å²) in [5.41, 5.74) is 0. The van der Waals surface area contributed by atoms with E-state index in [-0.39, 0.29) is 0 Å². The third-order valence-electron chi connectivity index (χ3n) is 1.24. The zero-order chi connectivity index (χ0) is 9.40. The fraction of sp³-hybridized carbons (Fsp3) is 0.667. The average Bonchev–Trinajstić information content (AvgIpc) is 2.03. The first-order valence-electron chi connectivity index (χ1n) is 4.02. The molecule has 0 rings (SSSR count). The van der Waals surface area contributed by atoms with E-state index in [1.807, 2.05) is 12.2 Å². The number of methoxy groups -OCH3 is 1. The molecule has 0 spiro atoms. The molecule has 3 nitrogen and oxygen atoms in total. The lowest BCUT2D eigenvalue weighted by atomic mass is 10.1.